The first-order valence-electron chi connectivity index (χ1n) is 3.80. The lowest BCUT2D eigenvalue weighted by molar-refractivity contribution is 0.482. The molecule has 0 spiro atoms. The number of hydrogen-bond donors (Lipinski definition) is 0. The normalized spacial score (nSPS) is 16.1. The number of halogens is 13. The second kappa shape index (κ2) is 6.95. The first-order valence-corrected chi connectivity index (χ1v) is 8.83. The summed E-state index contributed by atoms with van der Waals surface area (Å²) >= 11 is 75.1. The van der Waals surface area contributed by atoms with Crippen molar-refractivity contribution in [2.75, 3.05) is 0 Å². The molecule has 0 radical (unpaired) electrons. The van der Waals surface area contributed by atoms with Crippen LogP contribution in [-0.4, -0.2) is 26.0 Å². The van der Waals surface area contributed by atoms with Crippen molar-refractivity contribution in [3.05, 3.63) is 0 Å². The van der Waals surface area contributed by atoms with E-state index in [1.807, 2.05) is 0 Å². The predicted octanol–water partition coefficient (Wildman–Crippen LogP) is 7.86. The Morgan fingerprint density at radius 3 is 0.947 bits per heavy atom. The Labute approximate surface area is 175 Å². The van der Waals surface area contributed by atoms with Gasteiger partial charge in [-0.1, -0.05) is 116 Å². The Morgan fingerprint density at radius 1 is 0.526 bits per heavy atom. The zero-order valence-electron chi connectivity index (χ0n) is 7.99. The number of rotatable bonds is 3. The molecule has 0 aromatic rings. The number of hydrogen-bond acceptors (Lipinski definition) is 0. The molecule has 13 heteroatoms. The predicted molar refractivity (Wildman–Crippen MR) is 93.5 cm³/mol. The first-order chi connectivity index (χ1) is 7.94. The van der Waals surface area contributed by atoms with Gasteiger partial charge in [0, 0.05) is 0 Å². The fourth-order valence-corrected chi connectivity index (χ4v) is 5.47. The summed E-state index contributed by atoms with van der Waals surface area (Å²) in [5.74, 6) is 0. The fourth-order valence-electron chi connectivity index (χ4n) is 0.883. The van der Waals surface area contributed by atoms with Gasteiger partial charge in [0.1, 0.15) is 4.84 Å². The van der Waals surface area contributed by atoms with Gasteiger partial charge in [-0.25, -0.2) is 0 Å². The van der Waals surface area contributed by atoms with Crippen LogP contribution in [0.25, 0.3) is 0 Å². The van der Waals surface area contributed by atoms with E-state index in [2.05, 4.69) is 0 Å². The molecule has 0 aliphatic carbocycles. The van der Waals surface area contributed by atoms with Crippen LogP contribution in [0, 0.1) is 0 Å². The summed E-state index contributed by atoms with van der Waals surface area (Å²) in [7, 11) is 0. The second-order valence-corrected chi connectivity index (χ2v) is 12.1. The van der Waals surface area contributed by atoms with Crippen molar-refractivity contribution in [3.8, 4) is 0 Å². The lowest BCUT2D eigenvalue weighted by atomic mass is 10.0. The van der Waals surface area contributed by atoms with Crippen LogP contribution in [0.5, 0.6) is 0 Å². The van der Waals surface area contributed by atoms with E-state index < -0.39 is 26.0 Å². The molecule has 0 aromatic carbocycles. The van der Waals surface area contributed by atoms with E-state index in [0.717, 1.165) is 0 Å². The van der Waals surface area contributed by atoms with E-state index in [4.69, 9.17) is 151 Å². The summed E-state index contributed by atoms with van der Waals surface area (Å²) in [6.07, 6.45) is 0. The third-order valence-electron chi connectivity index (χ3n) is 1.91. The molecule has 0 heterocycles. The van der Waals surface area contributed by atoms with Crippen LogP contribution < -0.4 is 0 Å². The van der Waals surface area contributed by atoms with E-state index in [9.17, 15) is 0 Å². The van der Waals surface area contributed by atoms with E-state index in [-0.39, 0.29) is 0 Å². The SMILES string of the molecule is ClC(Cl)C(Cl)(Cl)C(Cl)(Cl)C(Cl)(C(Cl)(Cl)Cl)C(Cl)(Cl)Cl. The van der Waals surface area contributed by atoms with Gasteiger partial charge in [0.15, 0.2) is 13.5 Å². The lowest BCUT2D eigenvalue weighted by Gasteiger charge is -2.50. The van der Waals surface area contributed by atoms with Crippen LogP contribution in [0.1, 0.15) is 0 Å². The third kappa shape index (κ3) is 4.06. The van der Waals surface area contributed by atoms with Crippen molar-refractivity contribution in [3.63, 3.8) is 0 Å². The van der Waals surface area contributed by atoms with Gasteiger partial charge in [0.05, 0.1) is 0 Å². The molecule has 0 fully saturated rings. The minimum absolute atomic E-state index is 1.55. The molecule has 116 valence electrons. The zero-order chi connectivity index (χ0) is 16.1. The molecule has 0 amide bonds. The van der Waals surface area contributed by atoms with Gasteiger partial charge in [0.2, 0.25) is 7.59 Å². The highest BCUT2D eigenvalue weighted by atomic mass is 35.6. The summed E-state index contributed by atoms with van der Waals surface area (Å²) in [5.41, 5.74) is 0. The summed E-state index contributed by atoms with van der Waals surface area (Å²) in [5, 5.41) is 0. The van der Waals surface area contributed by atoms with Crippen molar-refractivity contribution < 1.29 is 0 Å². The standard InChI is InChI=1S/C6HCl13/c7-1(8)2(9,10)4(12,13)3(11,5(14,15)16)6(17,18)19/h1H. The third-order valence-corrected chi connectivity index (χ3v) is 8.89. The number of alkyl halides is 13. The molecule has 19 heavy (non-hydrogen) atoms. The maximum atomic E-state index is 6.07. The molecule has 0 saturated heterocycles. The molecule has 0 rings (SSSR count). The van der Waals surface area contributed by atoms with Crippen LogP contribution in [0.15, 0.2) is 0 Å². The largest absolute Gasteiger partial charge is 0.216 e. The van der Waals surface area contributed by atoms with E-state index in [1.165, 1.54) is 0 Å². The monoisotopic (exact) mass is 528 g/mol. The van der Waals surface area contributed by atoms with Crippen LogP contribution in [0.3, 0.4) is 0 Å². The maximum Gasteiger partial charge on any atom is 0.216 e. The molecule has 0 aliphatic rings. The highest BCUT2D eigenvalue weighted by Crippen LogP contribution is 2.68. The molecule has 0 bridgehead atoms. The van der Waals surface area contributed by atoms with E-state index in [1.54, 1.807) is 0 Å². The van der Waals surface area contributed by atoms with Crippen molar-refractivity contribution in [1.29, 1.82) is 0 Å². The van der Waals surface area contributed by atoms with Crippen molar-refractivity contribution >= 4 is 151 Å². The molecule has 0 atom stereocenters. The molecule has 0 N–H and O–H groups in total. The van der Waals surface area contributed by atoms with Crippen LogP contribution in [-0.2, 0) is 0 Å². The first kappa shape index (κ1) is 22.8. The van der Waals surface area contributed by atoms with Crippen LogP contribution in [0.4, 0.5) is 0 Å². The molecule has 0 aromatic heterocycles. The summed E-state index contributed by atoms with van der Waals surface area (Å²) < 4.78 is -9.91. The molecule has 0 nitrogen and oxygen atoms in total. The minimum atomic E-state index is -2.60. The van der Waals surface area contributed by atoms with Gasteiger partial charge in [0.25, 0.3) is 0 Å². The van der Waals surface area contributed by atoms with Crippen LogP contribution in [0.2, 0.25) is 0 Å². The van der Waals surface area contributed by atoms with Gasteiger partial charge >= 0.3 is 0 Å². The molecular weight excluding hydrogens is 533 g/mol. The quantitative estimate of drug-likeness (QED) is 0.324. The topological polar surface area (TPSA) is 0 Å². The summed E-state index contributed by atoms with van der Waals surface area (Å²) in [4.78, 5) is -4.15. The van der Waals surface area contributed by atoms with Gasteiger partial charge in [-0.3, -0.25) is 0 Å². The smallest absolute Gasteiger partial charge is 0.106 e. The summed E-state index contributed by atoms with van der Waals surface area (Å²) in [6, 6.07) is 0. The van der Waals surface area contributed by atoms with E-state index in [0.29, 0.717) is 0 Å². The fraction of sp³-hybridized carbons (Fsp3) is 1.00. The van der Waals surface area contributed by atoms with Crippen molar-refractivity contribution in [2.24, 2.45) is 0 Å². The van der Waals surface area contributed by atoms with Crippen molar-refractivity contribution in [1.82, 2.24) is 0 Å². The van der Waals surface area contributed by atoms with E-state index >= 15 is 0 Å². The Bertz CT molecular complexity index is 305. The Morgan fingerprint density at radius 2 is 0.789 bits per heavy atom. The average molecular weight is 534 g/mol. The highest BCUT2D eigenvalue weighted by Gasteiger charge is 2.77. The Hall–Kier alpha value is 3.77. The van der Waals surface area contributed by atoms with Crippen LogP contribution >= 0.6 is 151 Å². The Balaban J connectivity index is 6.22. The molecule has 0 unspecified atom stereocenters. The lowest BCUT2D eigenvalue weighted by Crippen LogP contribution is -2.67. The minimum Gasteiger partial charge on any atom is -0.106 e. The zero-order valence-corrected chi connectivity index (χ0v) is 17.8. The maximum absolute atomic E-state index is 6.07. The van der Waals surface area contributed by atoms with Gasteiger partial charge in [-0.05, 0) is 0 Å². The molecular formula is C6HCl13. The molecule has 0 aliphatic heterocycles. The van der Waals surface area contributed by atoms with Crippen molar-refractivity contribution in [2.45, 2.75) is 26.0 Å². The summed E-state index contributed by atoms with van der Waals surface area (Å²) in [6.45, 7) is 0. The van der Waals surface area contributed by atoms with Gasteiger partial charge in [-0.2, -0.15) is 0 Å². The average Bonchev–Trinajstić information content (AvgIpc) is 2.11. The molecule has 0 saturated carbocycles. The highest BCUT2D eigenvalue weighted by molar-refractivity contribution is 6.81. The second-order valence-electron chi connectivity index (χ2n) is 3.15. The Kier molecular flexibility index (Phi) is 8.32. The van der Waals surface area contributed by atoms with Gasteiger partial charge in [-0.15, -0.1) is 34.8 Å². The van der Waals surface area contributed by atoms with Gasteiger partial charge < -0.3 is 0 Å².